The summed E-state index contributed by atoms with van der Waals surface area (Å²) in [4.78, 5) is 30.2. The number of hydrogen-bond donors (Lipinski definition) is 0. The molecule has 5 heteroatoms. The van der Waals surface area contributed by atoms with Gasteiger partial charge in [-0.05, 0) is 60.9 Å². The van der Waals surface area contributed by atoms with Crippen LogP contribution in [-0.2, 0) is 9.59 Å². The van der Waals surface area contributed by atoms with Gasteiger partial charge in [-0.1, -0.05) is 54.1 Å². The molecule has 29 heavy (non-hydrogen) atoms. The van der Waals surface area contributed by atoms with Gasteiger partial charge in [0.15, 0.2) is 0 Å². The molecule has 0 saturated carbocycles. The van der Waals surface area contributed by atoms with E-state index >= 15 is 0 Å². The van der Waals surface area contributed by atoms with Crippen LogP contribution in [0.2, 0.25) is 5.02 Å². The maximum absolute atomic E-state index is 13.7. The molecule has 3 aromatic rings. The molecule has 2 amide bonds. The van der Waals surface area contributed by atoms with Gasteiger partial charge in [0.05, 0.1) is 0 Å². The van der Waals surface area contributed by atoms with Crippen LogP contribution in [0, 0.1) is 13.8 Å². The smallest absolute Gasteiger partial charge is 0.255 e. The Morgan fingerprint density at radius 3 is 2.24 bits per heavy atom. The molecule has 1 heterocycles. The molecule has 0 radical (unpaired) electrons. The van der Waals surface area contributed by atoms with Gasteiger partial charge in [0, 0.05) is 16.4 Å². The molecule has 0 aromatic heterocycles. The molecule has 1 aliphatic heterocycles. The first-order valence-electron chi connectivity index (χ1n) is 9.47. The number of hydrogen-bond acceptors (Lipinski definition) is 2. The second-order valence-corrected chi connectivity index (χ2v) is 7.63. The highest BCUT2D eigenvalue weighted by molar-refractivity contribution is 6.30. The van der Waals surface area contributed by atoms with E-state index in [1.807, 2.05) is 62.4 Å². The molecule has 0 aliphatic carbocycles. The molecular weight excluding hydrogens is 384 g/mol. The van der Waals surface area contributed by atoms with Gasteiger partial charge in [0.1, 0.15) is 12.6 Å². The number of carbonyl (C=O) groups is 2. The number of piperazine rings is 1. The summed E-state index contributed by atoms with van der Waals surface area (Å²) in [5.74, 6) is -0.263. The normalized spacial score (nSPS) is 17.0. The number of nitrogens with zero attached hydrogens (tertiary/aromatic N) is 2. The summed E-state index contributed by atoms with van der Waals surface area (Å²) in [6.45, 7) is 3.98. The Kier molecular flexibility index (Phi) is 5.12. The van der Waals surface area contributed by atoms with Crippen LogP contribution in [0.5, 0.6) is 0 Å². The Balaban J connectivity index is 1.83. The van der Waals surface area contributed by atoms with E-state index in [1.54, 1.807) is 34.1 Å². The van der Waals surface area contributed by atoms with E-state index in [4.69, 9.17) is 11.6 Å². The first-order chi connectivity index (χ1) is 14.0. The lowest BCUT2D eigenvalue weighted by atomic mass is 9.98. The predicted molar refractivity (Wildman–Crippen MR) is 116 cm³/mol. The number of halogens is 1. The highest BCUT2D eigenvalue weighted by Gasteiger charge is 2.42. The Labute approximate surface area is 175 Å². The molecule has 146 valence electrons. The number of carbonyl (C=O) groups excluding carboxylic acids is 2. The number of anilines is 2. The van der Waals surface area contributed by atoms with Crippen molar-refractivity contribution in [1.82, 2.24) is 0 Å². The minimum atomic E-state index is -0.737. The summed E-state index contributed by atoms with van der Waals surface area (Å²) >= 11 is 6.03. The van der Waals surface area contributed by atoms with E-state index in [-0.39, 0.29) is 18.4 Å². The lowest BCUT2D eigenvalue weighted by Crippen LogP contribution is -2.56. The van der Waals surface area contributed by atoms with E-state index in [2.05, 4.69) is 0 Å². The molecule has 0 bridgehead atoms. The molecule has 0 spiro atoms. The third-order valence-electron chi connectivity index (χ3n) is 5.41. The summed E-state index contributed by atoms with van der Waals surface area (Å²) in [6.07, 6.45) is 0. The van der Waals surface area contributed by atoms with E-state index in [1.165, 1.54) is 0 Å². The second kappa shape index (κ2) is 7.72. The van der Waals surface area contributed by atoms with Gasteiger partial charge in [0.25, 0.3) is 5.91 Å². The zero-order valence-electron chi connectivity index (χ0n) is 16.3. The SMILES string of the molecule is Cc1cccc(N2CC(=O)N(c3ccc(Cl)cc3)[C@H](c3ccccc3)C2=O)c1C. The summed E-state index contributed by atoms with van der Waals surface area (Å²) in [5, 5.41) is 0.581. The average molecular weight is 405 g/mol. The van der Waals surface area contributed by atoms with Crippen LogP contribution in [-0.4, -0.2) is 18.4 Å². The van der Waals surface area contributed by atoms with Crippen molar-refractivity contribution in [3.05, 3.63) is 94.5 Å². The van der Waals surface area contributed by atoms with Crippen LogP contribution >= 0.6 is 11.6 Å². The molecular formula is C24H21ClN2O2. The molecule has 0 N–H and O–H groups in total. The molecule has 3 aromatic carbocycles. The largest absolute Gasteiger partial charge is 0.301 e. The highest BCUT2D eigenvalue weighted by Crippen LogP contribution is 2.36. The van der Waals surface area contributed by atoms with Gasteiger partial charge in [-0.3, -0.25) is 14.5 Å². The predicted octanol–water partition coefficient (Wildman–Crippen LogP) is 5.08. The van der Waals surface area contributed by atoms with Gasteiger partial charge in [-0.15, -0.1) is 0 Å². The van der Waals surface area contributed by atoms with Gasteiger partial charge in [-0.25, -0.2) is 0 Å². The van der Waals surface area contributed by atoms with Crippen molar-refractivity contribution in [3.8, 4) is 0 Å². The third-order valence-corrected chi connectivity index (χ3v) is 5.66. The van der Waals surface area contributed by atoms with Crippen molar-refractivity contribution < 1.29 is 9.59 Å². The van der Waals surface area contributed by atoms with E-state index < -0.39 is 6.04 Å². The van der Waals surface area contributed by atoms with Crippen molar-refractivity contribution in [2.75, 3.05) is 16.3 Å². The highest BCUT2D eigenvalue weighted by atomic mass is 35.5. The summed E-state index contributed by atoms with van der Waals surface area (Å²) in [7, 11) is 0. The minimum absolute atomic E-state index is 0.00487. The van der Waals surface area contributed by atoms with Crippen LogP contribution in [0.1, 0.15) is 22.7 Å². The molecule has 4 rings (SSSR count). The van der Waals surface area contributed by atoms with E-state index in [0.29, 0.717) is 10.7 Å². The molecule has 1 fully saturated rings. The average Bonchev–Trinajstić information content (AvgIpc) is 2.73. The topological polar surface area (TPSA) is 40.6 Å². The maximum atomic E-state index is 13.7. The monoisotopic (exact) mass is 404 g/mol. The number of benzene rings is 3. The van der Waals surface area contributed by atoms with Crippen molar-refractivity contribution in [2.24, 2.45) is 0 Å². The van der Waals surface area contributed by atoms with E-state index in [0.717, 1.165) is 22.4 Å². The van der Waals surface area contributed by atoms with Crippen LogP contribution < -0.4 is 9.80 Å². The fourth-order valence-electron chi connectivity index (χ4n) is 3.75. The van der Waals surface area contributed by atoms with Gasteiger partial charge in [-0.2, -0.15) is 0 Å². The zero-order valence-corrected chi connectivity index (χ0v) is 17.1. The van der Waals surface area contributed by atoms with Gasteiger partial charge in [0.2, 0.25) is 5.91 Å². The Hall–Kier alpha value is -3.11. The lowest BCUT2D eigenvalue weighted by molar-refractivity contribution is -0.128. The minimum Gasteiger partial charge on any atom is -0.301 e. The number of amides is 2. The Bertz CT molecular complexity index is 1060. The van der Waals surface area contributed by atoms with Crippen LogP contribution in [0.4, 0.5) is 11.4 Å². The molecule has 4 nitrogen and oxygen atoms in total. The van der Waals surface area contributed by atoms with Crippen LogP contribution in [0.25, 0.3) is 0 Å². The summed E-state index contributed by atoms with van der Waals surface area (Å²) in [6, 6.07) is 21.5. The maximum Gasteiger partial charge on any atom is 0.255 e. The molecule has 1 atom stereocenters. The summed E-state index contributed by atoms with van der Waals surface area (Å²) in [5.41, 5.74) is 4.29. The molecule has 0 unspecified atom stereocenters. The summed E-state index contributed by atoms with van der Waals surface area (Å²) < 4.78 is 0. The quantitative estimate of drug-likeness (QED) is 0.610. The van der Waals surface area contributed by atoms with E-state index in [9.17, 15) is 9.59 Å². The van der Waals surface area contributed by atoms with Crippen LogP contribution in [0.3, 0.4) is 0 Å². The molecule has 1 aliphatic rings. The fourth-order valence-corrected chi connectivity index (χ4v) is 3.87. The lowest BCUT2D eigenvalue weighted by Gasteiger charge is -2.41. The fraction of sp³-hybridized carbons (Fsp3) is 0.167. The van der Waals surface area contributed by atoms with Crippen LogP contribution in [0.15, 0.2) is 72.8 Å². The first kappa shape index (κ1) is 19.2. The number of aryl methyl sites for hydroxylation is 1. The number of rotatable bonds is 3. The standard InChI is InChI=1S/C24H21ClN2O2/c1-16-7-6-10-21(17(16)2)26-15-22(28)27(20-13-11-19(25)12-14-20)23(24(26)29)18-8-4-3-5-9-18/h3-14,23H,15H2,1-2H3/t23-/m1/s1. The third kappa shape index (κ3) is 3.52. The first-order valence-corrected chi connectivity index (χ1v) is 9.85. The van der Waals surface area contributed by atoms with Crippen molar-refractivity contribution in [3.63, 3.8) is 0 Å². The van der Waals surface area contributed by atoms with Gasteiger partial charge >= 0.3 is 0 Å². The van der Waals surface area contributed by atoms with Crippen molar-refractivity contribution in [1.29, 1.82) is 0 Å². The molecule has 1 saturated heterocycles. The Morgan fingerprint density at radius 2 is 1.55 bits per heavy atom. The zero-order chi connectivity index (χ0) is 20.5. The van der Waals surface area contributed by atoms with Gasteiger partial charge < -0.3 is 4.90 Å². The van der Waals surface area contributed by atoms with Crippen molar-refractivity contribution in [2.45, 2.75) is 19.9 Å². The van der Waals surface area contributed by atoms with Crippen molar-refractivity contribution >= 4 is 34.8 Å². The second-order valence-electron chi connectivity index (χ2n) is 7.20. The Morgan fingerprint density at radius 1 is 0.862 bits per heavy atom.